The van der Waals surface area contributed by atoms with Gasteiger partial charge in [0.2, 0.25) is 0 Å². The zero-order valence-electron chi connectivity index (χ0n) is 10.1. The predicted molar refractivity (Wildman–Crippen MR) is 72.0 cm³/mol. The molecule has 1 saturated heterocycles. The van der Waals surface area contributed by atoms with Gasteiger partial charge in [-0.1, -0.05) is 12.1 Å². The summed E-state index contributed by atoms with van der Waals surface area (Å²) in [5.41, 5.74) is 0.994. The fourth-order valence-corrected chi connectivity index (χ4v) is 3.41. The molecule has 94 valence electrons. The molecule has 0 radical (unpaired) electrons. The zero-order valence-corrected chi connectivity index (χ0v) is 10.9. The molecule has 1 aliphatic rings. The topological polar surface area (TPSA) is 42.4 Å². The molecule has 4 nitrogen and oxygen atoms in total. The Morgan fingerprint density at radius 3 is 3.17 bits per heavy atom. The van der Waals surface area contributed by atoms with Crippen LogP contribution in [0.2, 0.25) is 0 Å². The van der Waals surface area contributed by atoms with Gasteiger partial charge in [-0.05, 0) is 36.5 Å². The van der Waals surface area contributed by atoms with Crippen LogP contribution in [0.15, 0.2) is 24.3 Å². The monoisotopic (exact) mass is 262 g/mol. The molecule has 0 saturated carbocycles. The largest absolute Gasteiger partial charge is 0.467 e. The minimum atomic E-state index is -0.154. The third-order valence-electron chi connectivity index (χ3n) is 3.35. The Hall–Kier alpha value is -1.62. The first kappa shape index (κ1) is 11.5. The Labute approximate surface area is 109 Å². The summed E-state index contributed by atoms with van der Waals surface area (Å²) in [4.78, 5) is 13.9. The smallest absolute Gasteiger partial charge is 0.328 e. The van der Waals surface area contributed by atoms with Crippen LogP contribution in [-0.2, 0) is 9.53 Å². The summed E-state index contributed by atoms with van der Waals surface area (Å²) in [7, 11) is 1.45. The zero-order chi connectivity index (χ0) is 12.5. The SMILES string of the molecule is COC(=O)C1CCCN1c1snc2ccccc12. The molecule has 0 N–H and O–H groups in total. The summed E-state index contributed by atoms with van der Waals surface area (Å²) in [6.45, 7) is 0.895. The lowest BCUT2D eigenvalue weighted by Gasteiger charge is -2.22. The van der Waals surface area contributed by atoms with E-state index in [0.717, 1.165) is 35.3 Å². The van der Waals surface area contributed by atoms with E-state index in [-0.39, 0.29) is 12.0 Å². The molecule has 0 spiro atoms. The number of ether oxygens (including phenoxy) is 1. The van der Waals surface area contributed by atoms with Crippen molar-refractivity contribution in [2.45, 2.75) is 18.9 Å². The highest BCUT2D eigenvalue weighted by atomic mass is 32.1. The molecule has 1 aliphatic heterocycles. The molecule has 1 aromatic carbocycles. The van der Waals surface area contributed by atoms with Gasteiger partial charge in [-0.15, -0.1) is 0 Å². The Balaban J connectivity index is 2.01. The van der Waals surface area contributed by atoms with E-state index in [0.29, 0.717) is 0 Å². The number of anilines is 1. The van der Waals surface area contributed by atoms with Crippen LogP contribution in [0, 0.1) is 0 Å². The van der Waals surface area contributed by atoms with Gasteiger partial charge >= 0.3 is 5.97 Å². The maximum absolute atomic E-state index is 11.8. The van der Waals surface area contributed by atoms with Gasteiger partial charge in [-0.3, -0.25) is 0 Å². The lowest BCUT2D eigenvalue weighted by Crippen LogP contribution is -2.36. The van der Waals surface area contributed by atoms with Gasteiger partial charge in [-0.25, -0.2) is 4.79 Å². The summed E-state index contributed by atoms with van der Waals surface area (Å²) >= 11 is 1.46. The Morgan fingerprint density at radius 1 is 1.50 bits per heavy atom. The molecule has 5 heteroatoms. The van der Waals surface area contributed by atoms with Crippen LogP contribution in [0.1, 0.15) is 12.8 Å². The number of methoxy groups -OCH3 is 1. The van der Waals surface area contributed by atoms with Crippen molar-refractivity contribution in [2.75, 3.05) is 18.6 Å². The molecule has 1 aromatic heterocycles. The number of carbonyl (C=O) groups excluding carboxylic acids is 1. The van der Waals surface area contributed by atoms with E-state index in [1.165, 1.54) is 18.6 Å². The molecule has 0 amide bonds. The molecule has 0 bridgehead atoms. The molecule has 1 atom stereocenters. The van der Waals surface area contributed by atoms with Crippen molar-refractivity contribution >= 4 is 33.4 Å². The number of aromatic nitrogens is 1. The second-order valence-corrected chi connectivity index (χ2v) is 5.13. The van der Waals surface area contributed by atoms with Gasteiger partial charge in [0.15, 0.2) is 0 Å². The second kappa shape index (κ2) is 4.57. The van der Waals surface area contributed by atoms with E-state index in [9.17, 15) is 4.79 Å². The van der Waals surface area contributed by atoms with E-state index >= 15 is 0 Å². The minimum absolute atomic E-state index is 0.148. The average Bonchev–Trinajstić information content (AvgIpc) is 3.03. The summed E-state index contributed by atoms with van der Waals surface area (Å²) < 4.78 is 9.31. The molecule has 1 fully saturated rings. The van der Waals surface area contributed by atoms with E-state index in [1.54, 1.807) is 0 Å². The molecule has 1 unspecified atom stereocenters. The summed E-state index contributed by atoms with van der Waals surface area (Å²) in [5.74, 6) is -0.148. The van der Waals surface area contributed by atoms with Crippen LogP contribution >= 0.6 is 11.5 Å². The normalized spacial score (nSPS) is 19.4. The van der Waals surface area contributed by atoms with Gasteiger partial charge in [0.25, 0.3) is 0 Å². The van der Waals surface area contributed by atoms with Crippen LogP contribution in [0.5, 0.6) is 0 Å². The highest BCUT2D eigenvalue weighted by molar-refractivity contribution is 7.11. The predicted octanol–water partition coefficient (Wildman–Crippen LogP) is 2.44. The first-order valence-electron chi connectivity index (χ1n) is 6.00. The highest BCUT2D eigenvalue weighted by Crippen LogP contribution is 2.35. The molecule has 2 aromatic rings. The van der Waals surface area contributed by atoms with E-state index in [1.807, 2.05) is 18.2 Å². The third kappa shape index (κ3) is 1.75. The molecule has 0 aliphatic carbocycles. The Bertz CT molecular complexity index is 581. The number of hydrogen-bond acceptors (Lipinski definition) is 5. The maximum Gasteiger partial charge on any atom is 0.328 e. The summed E-state index contributed by atoms with van der Waals surface area (Å²) in [6, 6.07) is 7.88. The number of fused-ring (bicyclic) bond motifs is 1. The number of esters is 1. The van der Waals surface area contributed by atoms with Gasteiger partial charge in [0.05, 0.1) is 12.6 Å². The number of hydrogen-bond donors (Lipinski definition) is 0. The van der Waals surface area contributed by atoms with E-state index < -0.39 is 0 Å². The van der Waals surface area contributed by atoms with Crippen LogP contribution in [0.3, 0.4) is 0 Å². The second-order valence-electron chi connectivity index (χ2n) is 4.38. The Kier molecular flexibility index (Phi) is 2.91. The quantitative estimate of drug-likeness (QED) is 0.780. The minimum Gasteiger partial charge on any atom is -0.467 e. The van der Waals surface area contributed by atoms with Gasteiger partial charge in [-0.2, -0.15) is 4.37 Å². The van der Waals surface area contributed by atoms with Gasteiger partial charge in [0.1, 0.15) is 11.0 Å². The van der Waals surface area contributed by atoms with Crippen LogP contribution in [0.4, 0.5) is 5.00 Å². The lowest BCUT2D eigenvalue weighted by molar-refractivity contribution is -0.141. The van der Waals surface area contributed by atoms with Crippen molar-refractivity contribution in [3.8, 4) is 0 Å². The summed E-state index contributed by atoms with van der Waals surface area (Å²) in [6.07, 6.45) is 1.88. The van der Waals surface area contributed by atoms with Crippen LogP contribution in [-0.4, -0.2) is 30.0 Å². The maximum atomic E-state index is 11.8. The van der Waals surface area contributed by atoms with Crippen molar-refractivity contribution in [3.05, 3.63) is 24.3 Å². The van der Waals surface area contributed by atoms with E-state index in [4.69, 9.17) is 4.74 Å². The van der Waals surface area contributed by atoms with Gasteiger partial charge < -0.3 is 9.64 Å². The molecule has 18 heavy (non-hydrogen) atoms. The average molecular weight is 262 g/mol. The standard InChI is InChI=1S/C13H14N2O2S/c1-17-13(16)11-7-4-8-15(11)12-9-5-2-3-6-10(9)14-18-12/h2-3,5-6,11H,4,7-8H2,1H3. The number of benzene rings is 1. The molecule has 3 rings (SSSR count). The fourth-order valence-electron chi connectivity index (χ4n) is 2.47. The van der Waals surface area contributed by atoms with Crippen molar-refractivity contribution < 1.29 is 9.53 Å². The number of carbonyl (C=O) groups is 1. The third-order valence-corrected chi connectivity index (χ3v) is 4.27. The number of nitrogens with zero attached hydrogens (tertiary/aromatic N) is 2. The summed E-state index contributed by atoms with van der Waals surface area (Å²) in [5, 5.41) is 2.21. The fraction of sp³-hybridized carbons (Fsp3) is 0.385. The first-order valence-corrected chi connectivity index (χ1v) is 6.77. The van der Waals surface area contributed by atoms with Crippen LogP contribution in [0.25, 0.3) is 10.9 Å². The van der Waals surface area contributed by atoms with Gasteiger partial charge in [0, 0.05) is 11.9 Å². The highest BCUT2D eigenvalue weighted by Gasteiger charge is 2.33. The van der Waals surface area contributed by atoms with Crippen molar-refractivity contribution in [2.24, 2.45) is 0 Å². The van der Waals surface area contributed by atoms with Crippen LogP contribution < -0.4 is 4.90 Å². The van der Waals surface area contributed by atoms with E-state index in [2.05, 4.69) is 15.3 Å². The van der Waals surface area contributed by atoms with Crippen molar-refractivity contribution in [3.63, 3.8) is 0 Å². The van der Waals surface area contributed by atoms with Crippen molar-refractivity contribution in [1.82, 2.24) is 4.37 Å². The Morgan fingerprint density at radius 2 is 2.33 bits per heavy atom. The molecular weight excluding hydrogens is 248 g/mol. The molecule has 2 heterocycles. The first-order chi connectivity index (χ1) is 8.81. The van der Waals surface area contributed by atoms with Crippen molar-refractivity contribution in [1.29, 1.82) is 0 Å². The molecular formula is C13H14N2O2S. The number of rotatable bonds is 2. The lowest BCUT2D eigenvalue weighted by atomic mass is 10.2.